The number of fused-ring (bicyclic) bond motifs is 1. The Bertz CT molecular complexity index is 846. The average Bonchev–Trinajstić information content (AvgIpc) is 2.91. The molecule has 0 saturated heterocycles. The molecule has 0 unspecified atom stereocenters. The molecule has 0 saturated carbocycles. The van der Waals surface area contributed by atoms with Crippen molar-refractivity contribution in [1.82, 2.24) is 15.0 Å². The number of isocyanates is 1. The molecule has 0 radical (unpaired) electrons. The summed E-state index contributed by atoms with van der Waals surface area (Å²) in [6.07, 6.45) is 1.55. The van der Waals surface area contributed by atoms with Crippen LogP contribution in [-0.4, -0.2) is 28.2 Å². The van der Waals surface area contributed by atoms with Crippen molar-refractivity contribution in [3.05, 3.63) is 42.0 Å². The molecule has 0 amide bonds. The molecule has 0 fully saturated rings. The second-order valence-corrected chi connectivity index (χ2v) is 4.52. The molecule has 0 spiro atoms. The van der Waals surface area contributed by atoms with Gasteiger partial charge in [0.1, 0.15) is 16.8 Å². The first kappa shape index (κ1) is 13.0. The van der Waals surface area contributed by atoms with Gasteiger partial charge in [0.25, 0.3) is 0 Å². The monoisotopic (exact) mass is 280 g/mol. The number of hydrogen-bond acceptors (Lipinski definition) is 5. The van der Waals surface area contributed by atoms with Gasteiger partial charge in [-0.05, 0) is 48.9 Å². The molecule has 104 valence electrons. The molecule has 0 aliphatic rings. The fourth-order valence-electron chi connectivity index (χ4n) is 2.06. The first-order valence-corrected chi connectivity index (χ1v) is 6.31. The Morgan fingerprint density at radius 2 is 1.81 bits per heavy atom. The summed E-state index contributed by atoms with van der Waals surface area (Å²) in [4.78, 5) is 15.6. The second-order valence-electron chi connectivity index (χ2n) is 4.52. The van der Waals surface area contributed by atoms with E-state index in [1.807, 2.05) is 37.3 Å². The molecule has 0 aliphatic heterocycles. The molecular weight excluding hydrogens is 268 g/mol. The van der Waals surface area contributed by atoms with E-state index >= 15 is 0 Å². The van der Waals surface area contributed by atoms with Crippen LogP contribution >= 0.6 is 0 Å². The van der Waals surface area contributed by atoms with Crippen LogP contribution < -0.4 is 4.74 Å². The topological polar surface area (TPSA) is 69.4 Å². The van der Waals surface area contributed by atoms with Gasteiger partial charge in [0.05, 0.1) is 18.5 Å². The summed E-state index contributed by atoms with van der Waals surface area (Å²) in [6, 6.07) is 11.0. The molecule has 3 aromatic rings. The lowest BCUT2D eigenvalue weighted by atomic mass is 10.2. The predicted molar refractivity (Wildman–Crippen MR) is 77.9 cm³/mol. The van der Waals surface area contributed by atoms with Crippen molar-refractivity contribution in [2.24, 2.45) is 4.99 Å². The lowest BCUT2D eigenvalue weighted by Gasteiger charge is -2.01. The highest BCUT2D eigenvalue weighted by molar-refractivity contribution is 5.80. The van der Waals surface area contributed by atoms with Crippen molar-refractivity contribution in [3.63, 3.8) is 0 Å². The highest BCUT2D eigenvalue weighted by atomic mass is 16.5. The number of ether oxygens (including phenoxy) is 1. The van der Waals surface area contributed by atoms with Crippen molar-refractivity contribution in [2.45, 2.75) is 6.92 Å². The van der Waals surface area contributed by atoms with Gasteiger partial charge in [0, 0.05) is 0 Å². The molecular formula is C15H12N4O2. The zero-order chi connectivity index (χ0) is 14.8. The van der Waals surface area contributed by atoms with Crippen LogP contribution in [0.2, 0.25) is 0 Å². The maximum Gasteiger partial charge on any atom is 0.240 e. The molecule has 0 atom stereocenters. The maximum atomic E-state index is 10.4. The van der Waals surface area contributed by atoms with Crippen LogP contribution in [0.1, 0.15) is 5.56 Å². The van der Waals surface area contributed by atoms with E-state index in [9.17, 15) is 4.79 Å². The minimum atomic E-state index is 0.555. The standard InChI is InChI=1S/C15H12N4O2/c1-10-7-14-15(8-13(10)16-9-20)18-19(17-14)11-3-5-12(21-2)6-4-11/h3-8H,1-2H3. The van der Waals surface area contributed by atoms with E-state index in [0.717, 1.165) is 22.5 Å². The highest BCUT2D eigenvalue weighted by Gasteiger charge is 2.08. The van der Waals surface area contributed by atoms with Crippen molar-refractivity contribution in [2.75, 3.05) is 7.11 Å². The number of aliphatic imine (C=N–C) groups is 1. The fourth-order valence-corrected chi connectivity index (χ4v) is 2.06. The Balaban J connectivity index is 2.09. The van der Waals surface area contributed by atoms with Gasteiger partial charge in [-0.25, -0.2) is 4.79 Å². The van der Waals surface area contributed by atoms with Gasteiger partial charge in [0.15, 0.2) is 0 Å². The minimum Gasteiger partial charge on any atom is -0.497 e. The quantitative estimate of drug-likeness (QED) is 0.546. The normalized spacial score (nSPS) is 10.4. The molecule has 0 bridgehead atoms. The van der Waals surface area contributed by atoms with Crippen LogP contribution in [0.3, 0.4) is 0 Å². The smallest absolute Gasteiger partial charge is 0.240 e. The zero-order valence-electron chi connectivity index (χ0n) is 11.6. The van der Waals surface area contributed by atoms with Crippen molar-refractivity contribution < 1.29 is 9.53 Å². The molecule has 0 N–H and O–H groups in total. The first-order chi connectivity index (χ1) is 10.2. The van der Waals surface area contributed by atoms with E-state index in [-0.39, 0.29) is 0 Å². The van der Waals surface area contributed by atoms with Crippen LogP contribution in [0.25, 0.3) is 16.7 Å². The SMILES string of the molecule is COc1ccc(-n2nc3cc(C)c(N=C=O)cc3n2)cc1. The van der Waals surface area contributed by atoms with E-state index in [2.05, 4.69) is 15.2 Å². The molecule has 2 aromatic carbocycles. The molecule has 0 aliphatic carbocycles. The van der Waals surface area contributed by atoms with E-state index in [0.29, 0.717) is 11.2 Å². The Morgan fingerprint density at radius 3 is 2.43 bits per heavy atom. The van der Waals surface area contributed by atoms with E-state index in [1.54, 1.807) is 19.3 Å². The van der Waals surface area contributed by atoms with Gasteiger partial charge in [-0.1, -0.05) is 0 Å². The summed E-state index contributed by atoms with van der Waals surface area (Å²) < 4.78 is 5.12. The molecule has 3 rings (SSSR count). The Morgan fingerprint density at radius 1 is 1.14 bits per heavy atom. The Kier molecular flexibility index (Phi) is 3.22. The summed E-state index contributed by atoms with van der Waals surface area (Å²) in [6.45, 7) is 1.86. The average molecular weight is 280 g/mol. The van der Waals surface area contributed by atoms with E-state index in [1.165, 1.54) is 4.80 Å². The van der Waals surface area contributed by atoms with Crippen molar-refractivity contribution in [1.29, 1.82) is 0 Å². The van der Waals surface area contributed by atoms with Gasteiger partial charge in [-0.3, -0.25) is 0 Å². The molecule has 1 aromatic heterocycles. The van der Waals surface area contributed by atoms with Crippen molar-refractivity contribution >= 4 is 22.8 Å². The Hall–Kier alpha value is -2.98. The molecule has 6 heteroatoms. The molecule has 6 nitrogen and oxygen atoms in total. The number of carbonyl (C=O) groups excluding carboxylic acids is 1. The number of hydrogen-bond donors (Lipinski definition) is 0. The summed E-state index contributed by atoms with van der Waals surface area (Å²) in [5.41, 5.74) is 3.65. The fraction of sp³-hybridized carbons (Fsp3) is 0.133. The van der Waals surface area contributed by atoms with E-state index < -0.39 is 0 Å². The third kappa shape index (κ3) is 2.40. The third-order valence-electron chi connectivity index (χ3n) is 3.17. The maximum absolute atomic E-state index is 10.4. The lowest BCUT2D eigenvalue weighted by molar-refractivity contribution is 0.414. The largest absolute Gasteiger partial charge is 0.497 e. The number of methoxy groups -OCH3 is 1. The number of nitrogens with zero attached hydrogens (tertiary/aromatic N) is 4. The predicted octanol–water partition coefficient (Wildman–Crippen LogP) is 2.70. The summed E-state index contributed by atoms with van der Waals surface area (Å²) in [5.74, 6) is 0.772. The van der Waals surface area contributed by atoms with E-state index in [4.69, 9.17) is 4.74 Å². The number of aryl methyl sites for hydroxylation is 1. The number of rotatable bonds is 3. The molecule has 1 heterocycles. The second kappa shape index (κ2) is 5.19. The van der Waals surface area contributed by atoms with Gasteiger partial charge < -0.3 is 4.74 Å². The van der Waals surface area contributed by atoms with Crippen molar-refractivity contribution in [3.8, 4) is 11.4 Å². The summed E-state index contributed by atoms with van der Waals surface area (Å²) in [7, 11) is 1.62. The summed E-state index contributed by atoms with van der Waals surface area (Å²) in [5, 5.41) is 8.82. The van der Waals surface area contributed by atoms with Crippen LogP contribution in [0, 0.1) is 6.92 Å². The molecule has 21 heavy (non-hydrogen) atoms. The van der Waals surface area contributed by atoms with Gasteiger partial charge in [0.2, 0.25) is 6.08 Å². The first-order valence-electron chi connectivity index (χ1n) is 6.31. The highest BCUT2D eigenvalue weighted by Crippen LogP contribution is 2.24. The van der Waals surface area contributed by atoms with Gasteiger partial charge in [-0.2, -0.15) is 9.79 Å². The summed E-state index contributed by atoms with van der Waals surface area (Å²) >= 11 is 0. The van der Waals surface area contributed by atoms with Crippen LogP contribution in [-0.2, 0) is 4.79 Å². The van der Waals surface area contributed by atoms with Crippen LogP contribution in [0.15, 0.2) is 41.4 Å². The lowest BCUT2D eigenvalue weighted by Crippen LogP contribution is -1.98. The number of aromatic nitrogens is 3. The van der Waals surface area contributed by atoms with Gasteiger partial charge in [-0.15, -0.1) is 10.2 Å². The van der Waals surface area contributed by atoms with Crippen LogP contribution in [0.4, 0.5) is 5.69 Å². The zero-order valence-corrected chi connectivity index (χ0v) is 11.6. The Labute approximate surface area is 120 Å². The van der Waals surface area contributed by atoms with Gasteiger partial charge >= 0.3 is 0 Å². The number of benzene rings is 2. The minimum absolute atomic E-state index is 0.555. The van der Waals surface area contributed by atoms with Crippen LogP contribution in [0.5, 0.6) is 5.75 Å². The third-order valence-corrected chi connectivity index (χ3v) is 3.17.